The van der Waals surface area contributed by atoms with E-state index >= 15 is 0 Å². The first-order valence-electron chi connectivity index (χ1n) is 2.41. The van der Waals surface area contributed by atoms with Crippen molar-refractivity contribution in [1.82, 2.24) is 10.6 Å². The highest BCUT2D eigenvalue weighted by Crippen LogP contribution is 2.07. The number of likely N-dealkylation sites (N-methyl/N-ethyl adjacent to an activating group) is 1. The molecule has 0 aromatic carbocycles. The van der Waals surface area contributed by atoms with Gasteiger partial charge in [0.25, 0.3) is 0 Å². The van der Waals surface area contributed by atoms with Crippen molar-refractivity contribution in [3.05, 3.63) is 0 Å². The Morgan fingerprint density at radius 3 is 2.62 bits per heavy atom. The van der Waals surface area contributed by atoms with Crippen LogP contribution in [-0.2, 0) is 4.79 Å². The number of nitrogens with one attached hydrogen (secondary N) is 2. The molecular weight excluding hydrogens is 124 g/mol. The molecule has 2 N–H and O–H groups in total. The van der Waals surface area contributed by atoms with Gasteiger partial charge in [0.1, 0.15) is 6.04 Å². The van der Waals surface area contributed by atoms with E-state index in [0.29, 0.717) is 0 Å². The molecule has 46 valence electrons. The molecule has 1 heterocycles. The van der Waals surface area contributed by atoms with Crippen molar-refractivity contribution in [2.75, 3.05) is 7.05 Å². The summed E-state index contributed by atoms with van der Waals surface area (Å²) in [5, 5.41) is 5.39. The maximum absolute atomic E-state index is 10.4. The monoisotopic (exact) mass is 132 g/mol. The lowest BCUT2D eigenvalue weighted by Crippen LogP contribution is -2.64. The Labute approximate surface area is 53.2 Å². The molecule has 0 bridgehead atoms. The van der Waals surface area contributed by atoms with Gasteiger partial charge in [0.2, 0.25) is 5.91 Å². The molecule has 0 spiro atoms. The van der Waals surface area contributed by atoms with Crippen LogP contribution in [-0.4, -0.2) is 24.4 Å². The van der Waals surface area contributed by atoms with Crippen molar-refractivity contribution in [3.63, 3.8) is 0 Å². The highest BCUT2D eigenvalue weighted by molar-refractivity contribution is 7.81. The Morgan fingerprint density at radius 2 is 2.50 bits per heavy atom. The Balaban J connectivity index is 2.40. The summed E-state index contributed by atoms with van der Waals surface area (Å²) in [5.74, 6) is 0.0347. The number of carbonyl (C=O) groups excluding carboxylic acids is 1. The summed E-state index contributed by atoms with van der Waals surface area (Å²) in [6, 6.07) is -0.0849. The first-order valence-corrected chi connectivity index (χ1v) is 2.93. The van der Waals surface area contributed by atoms with Gasteiger partial charge < -0.3 is 10.6 Å². The lowest BCUT2D eigenvalue weighted by atomic mass is 10.1. The Kier molecular flexibility index (Phi) is 1.44. The zero-order valence-electron chi connectivity index (χ0n) is 4.51. The Hall–Kier alpha value is -0.220. The van der Waals surface area contributed by atoms with Gasteiger partial charge in [-0.15, -0.1) is 0 Å². The molecule has 0 aromatic rings. The van der Waals surface area contributed by atoms with E-state index in [9.17, 15) is 4.79 Å². The van der Waals surface area contributed by atoms with E-state index in [4.69, 9.17) is 0 Å². The maximum Gasteiger partial charge on any atom is 0.241 e. The summed E-state index contributed by atoms with van der Waals surface area (Å²) in [5.41, 5.74) is 0. The molecule has 8 heavy (non-hydrogen) atoms. The van der Waals surface area contributed by atoms with Crippen LogP contribution in [0.15, 0.2) is 0 Å². The highest BCUT2D eigenvalue weighted by Gasteiger charge is 2.34. The predicted molar refractivity (Wildman–Crippen MR) is 33.8 cm³/mol. The molecule has 4 heteroatoms. The zero-order valence-corrected chi connectivity index (χ0v) is 5.40. The molecule has 1 amide bonds. The minimum Gasteiger partial charge on any atom is -0.341 e. The number of hydrogen-bond acceptors (Lipinski definition) is 3. The van der Waals surface area contributed by atoms with Crippen molar-refractivity contribution >= 4 is 18.5 Å². The standard InChI is InChI=1S/C4H8N2OS/c1-5-2-3(7)6-4(2)8/h2,4-5,8H,1H3,(H,6,7). The van der Waals surface area contributed by atoms with Crippen molar-refractivity contribution in [3.8, 4) is 0 Å². The summed E-state index contributed by atoms with van der Waals surface area (Å²) >= 11 is 4.02. The van der Waals surface area contributed by atoms with Crippen molar-refractivity contribution < 1.29 is 4.79 Å². The number of hydrogen-bond donors (Lipinski definition) is 3. The molecule has 1 aliphatic rings. The summed E-state index contributed by atoms with van der Waals surface area (Å²) < 4.78 is 0. The SMILES string of the molecule is CNC1C(=O)NC1S. The van der Waals surface area contributed by atoms with Gasteiger partial charge in [-0.1, -0.05) is 0 Å². The average Bonchev–Trinajstić information content (AvgIpc) is 1.67. The predicted octanol–water partition coefficient (Wildman–Crippen LogP) is -1.04. The molecule has 2 atom stereocenters. The molecule has 0 aliphatic carbocycles. The van der Waals surface area contributed by atoms with E-state index in [0.717, 1.165) is 0 Å². The molecule has 3 nitrogen and oxygen atoms in total. The number of β-lactam (4-membered cyclic amide) rings is 1. The van der Waals surface area contributed by atoms with E-state index in [2.05, 4.69) is 23.3 Å². The van der Waals surface area contributed by atoms with Gasteiger partial charge in [-0.05, 0) is 7.05 Å². The summed E-state index contributed by atoms with van der Waals surface area (Å²) in [6.07, 6.45) is 0. The van der Waals surface area contributed by atoms with E-state index in [1.54, 1.807) is 7.05 Å². The third-order valence-corrected chi connectivity index (χ3v) is 1.63. The topological polar surface area (TPSA) is 41.1 Å². The van der Waals surface area contributed by atoms with E-state index in [1.807, 2.05) is 0 Å². The first-order chi connectivity index (χ1) is 3.75. The van der Waals surface area contributed by atoms with Crippen LogP contribution in [0.5, 0.6) is 0 Å². The van der Waals surface area contributed by atoms with Gasteiger partial charge in [0.05, 0.1) is 5.37 Å². The smallest absolute Gasteiger partial charge is 0.241 e. The molecule has 0 saturated carbocycles. The second-order valence-electron chi connectivity index (χ2n) is 1.72. The largest absolute Gasteiger partial charge is 0.341 e. The lowest BCUT2D eigenvalue weighted by molar-refractivity contribution is -0.129. The third-order valence-electron chi connectivity index (χ3n) is 1.20. The lowest BCUT2D eigenvalue weighted by Gasteiger charge is -2.32. The number of thiol groups is 1. The molecule has 1 fully saturated rings. The van der Waals surface area contributed by atoms with Gasteiger partial charge in [0.15, 0.2) is 0 Å². The van der Waals surface area contributed by atoms with E-state index in [-0.39, 0.29) is 17.3 Å². The fraction of sp³-hybridized carbons (Fsp3) is 0.750. The van der Waals surface area contributed by atoms with Gasteiger partial charge in [-0.2, -0.15) is 12.6 Å². The highest BCUT2D eigenvalue weighted by atomic mass is 32.1. The maximum atomic E-state index is 10.4. The first kappa shape index (κ1) is 5.91. The Morgan fingerprint density at radius 1 is 1.88 bits per heavy atom. The van der Waals surface area contributed by atoms with Crippen molar-refractivity contribution in [2.24, 2.45) is 0 Å². The number of carbonyl (C=O) groups is 1. The second-order valence-corrected chi connectivity index (χ2v) is 2.28. The van der Waals surface area contributed by atoms with Crippen LogP contribution in [0.1, 0.15) is 0 Å². The molecule has 1 aliphatic heterocycles. The minimum absolute atomic E-state index is 0.00694. The molecule has 0 aromatic heterocycles. The van der Waals surface area contributed by atoms with E-state index < -0.39 is 0 Å². The van der Waals surface area contributed by atoms with Crippen LogP contribution in [0.25, 0.3) is 0 Å². The molecule has 0 radical (unpaired) electrons. The van der Waals surface area contributed by atoms with Gasteiger partial charge in [-0.25, -0.2) is 0 Å². The Bertz CT molecular complexity index is 117. The van der Waals surface area contributed by atoms with Crippen LogP contribution < -0.4 is 10.6 Å². The van der Waals surface area contributed by atoms with Crippen LogP contribution in [0.4, 0.5) is 0 Å². The number of amides is 1. The summed E-state index contributed by atoms with van der Waals surface area (Å²) in [7, 11) is 1.74. The molecule has 1 rings (SSSR count). The second kappa shape index (κ2) is 1.95. The fourth-order valence-electron chi connectivity index (χ4n) is 0.655. The zero-order chi connectivity index (χ0) is 6.15. The summed E-state index contributed by atoms with van der Waals surface area (Å²) in [6.45, 7) is 0. The van der Waals surface area contributed by atoms with Gasteiger partial charge in [0, 0.05) is 0 Å². The quantitative estimate of drug-likeness (QED) is 0.315. The molecular formula is C4H8N2OS. The average molecular weight is 132 g/mol. The van der Waals surface area contributed by atoms with E-state index in [1.165, 1.54) is 0 Å². The normalized spacial score (nSPS) is 36.0. The fourth-order valence-corrected chi connectivity index (χ4v) is 1.07. The van der Waals surface area contributed by atoms with Gasteiger partial charge >= 0.3 is 0 Å². The van der Waals surface area contributed by atoms with Crippen LogP contribution in [0, 0.1) is 0 Å². The van der Waals surface area contributed by atoms with Crippen molar-refractivity contribution in [2.45, 2.75) is 11.4 Å². The van der Waals surface area contributed by atoms with Crippen molar-refractivity contribution in [1.29, 1.82) is 0 Å². The summed E-state index contributed by atoms with van der Waals surface area (Å²) in [4.78, 5) is 10.4. The van der Waals surface area contributed by atoms with Crippen LogP contribution in [0.3, 0.4) is 0 Å². The molecule has 2 unspecified atom stereocenters. The van der Waals surface area contributed by atoms with Crippen LogP contribution >= 0.6 is 12.6 Å². The number of rotatable bonds is 1. The third kappa shape index (κ3) is 0.695. The molecule has 1 saturated heterocycles. The van der Waals surface area contributed by atoms with Gasteiger partial charge in [-0.3, -0.25) is 4.79 Å². The minimum atomic E-state index is -0.0849. The van der Waals surface area contributed by atoms with Crippen LogP contribution in [0.2, 0.25) is 0 Å².